The zero-order valence-electron chi connectivity index (χ0n) is 7.96. The van der Waals surface area contributed by atoms with E-state index >= 15 is 0 Å². The van der Waals surface area contributed by atoms with Crippen LogP contribution in [0.1, 0.15) is 24.2 Å². The maximum absolute atomic E-state index is 5.77. The summed E-state index contributed by atoms with van der Waals surface area (Å²) in [5.74, 6) is 0.752. The van der Waals surface area contributed by atoms with Gasteiger partial charge < -0.3 is 10.5 Å². The fourth-order valence-corrected chi connectivity index (χ4v) is 1.42. The van der Waals surface area contributed by atoms with Crippen LogP contribution in [0.3, 0.4) is 0 Å². The first kappa shape index (κ1) is 9.06. The second-order valence-electron chi connectivity index (χ2n) is 2.92. The largest absolute Gasteiger partial charge is 0.481 e. The smallest absolute Gasteiger partial charge is 0.216 e. The maximum Gasteiger partial charge on any atom is 0.216 e. The summed E-state index contributed by atoms with van der Waals surface area (Å²) in [5, 5.41) is 4.21. The Balaban J connectivity index is 3.23. The summed E-state index contributed by atoms with van der Waals surface area (Å²) in [6.45, 7) is 3.85. The van der Waals surface area contributed by atoms with E-state index < -0.39 is 0 Å². The average molecular weight is 169 g/mol. The topological polar surface area (TPSA) is 53.1 Å². The molecule has 1 atom stereocenters. The van der Waals surface area contributed by atoms with Crippen molar-refractivity contribution in [3.63, 3.8) is 0 Å². The van der Waals surface area contributed by atoms with Gasteiger partial charge in [0, 0.05) is 13.1 Å². The van der Waals surface area contributed by atoms with Crippen molar-refractivity contribution in [1.29, 1.82) is 0 Å². The van der Waals surface area contributed by atoms with Gasteiger partial charge in [0.1, 0.15) is 0 Å². The van der Waals surface area contributed by atoms with Crippen LogP contribution < -0.4 is 10.5 Å². The minimum Gasteiger partial charge on any atom is -0.481 e. The van der Waals surface area contributed by atoms with E-state index in [0.29, 0.717) is 0 Å². The molecule has 68 valence electrons. The van der Waals surface area contributed by atoms with Gasteiger partial charge in [0.25, 0.3) is 0 Å². The van der Waals surface area contributed by atoms with Crippen molar-refractivity contribution in [1.82, 2.24) is 9.78 Å². The van der Waals surface area contributed by atoms with E-state index in [-0.39, 0.29) is 6.04 Å². The number of nitrogens with zero attached hydrogens (tertiary/aromatic N) is 2. The molecule has 0 saturated heterocycles. The van der Waals surface area contributed by atoms with E-state index in [9.17, 15) is 0 Å². The lowest BCUT2D eigenvalue weighted by atomic mass is 10.1. The van der Waals surface area contributed by atoms with Gasteiger partial charge in [0.15, 0.2) is 0 Å². The predicted molar refractivity (Wildman–Crippen MR) is 47.1 cm³/mol. The number of aromatic nitrogens is 2. The third kappa shape index (κ3) is 1.30. The van der Waals surface area contributed by atoms with E-state index in [1.807, 2.05) is 20.9 Å². The van der Waals surface area contributed by atoms with E-state index in [4.69, 9.17) is 10.5 Å². The summed E-state index contributed by atoms with van der Waals surface area (Å²) in [6.07, 6.45) is 0. The standard InChI is InChI=1S/C8H15N3O/c1-5(9)7-6(2)10-11(3)8(7)12-4/h5H,9H2,1-4H3/t5-/m0/s1. The van der Waals surface area contributed by atoms with Crippen LogP contribution in [0.2, 0.25) is 0 Å². The molecular weight excluding hydrogens is 154 g/mol. The predicted octanol–water partition coefficient (Wildman–Crippen LogP) is 0.757. The van der Waals surface area contributed by atoms with Gasteiger partial charge in [-0.3, -0.25) is 0 Å². The Bertz CT molecular complexity index is 278. The fourth-order valence-electron chi connectivity index (χ4n) is 1.42. The zero-order chi connectivity index (χ0) is 9.30. The van der Waals surface area contributed by atoms with Crippen LogP contribution in [0.5, 0.6) is 5.88 Å². The number of rotatable bonds is 2. The average Bonchev–Trinajstić information content (AvgIpc) is 2.24. The third-order valence-corrected chi connectivity index (χ3v) is 1.86. The number of ether oxygens (including phenoxy) is 1. The highest BCUT2D eigenvalue weighted by molar-refractivity contribution is 5.33. The monoisotopic (exact) mass is 169 g/mol. The van der Waals surface area contributed by atoms with Crippen LogP contribution in [-0.2, 0) is 7.05 Å². The van der Waals surface area contributed by atoms with Crippen LogP contribution in [0, 0.1) is 6.92 Å². The highest BCUT2D eigenvalue weighted by Gasteiger charge is 2.16. The molecule has 0 aliphatic rings. The van der Waals surface area contributed by atoms with Crippen LogP contribution in [0.4, 0.5) is 0 Å². The molecule has 4 heteroatoms. The minimum absolute atomic E-state index is 0.0337. The SMILES string of the molecule is COc1c([C@H](C)N)c(C)nn1C. The Morgan fingerprint density at radius 3 is 2.50 bits per heavy atom. The molecule has 1 heterocycles. The number of nitrogens with two attached hydrogens (primary N) is 1. The molecule has 0 spiro atoms. The number of hydrogen-bond donors (Lipinski definition) is 1. The Labute approximate surface area is 72.3 Å². The minimum atomic E-state index is -0.0337. The van der Waals surface area contributed by atoms with Crippen molar-refractivity contribution in [3.05, 3.63) is 11.3 Å². The van der Waals surface area contributed by atoms with Crippen LogP contribution in [-0.4, -0.2) is 16.9 Å². The van der Waals surface area contributed by atoms with Gasteiger partial charge in [-0.05, 0) is 13.8 Å². The van der Waals surface area contributed by atoms with E-state index in [1.54, 1.807) is 11.8 Å². The van der Waals surface area contributed by atoms with Gasteiger partial charge in [-0.2, -0.15) is 5.10 Å². The second-order valence-corrected chi connectivity index (χ2v) is 2.92. The Kier molecular flexibility index (Phi) is 2.38. The van der Waals surface area contributed by atoms with Crippen molar-refractivity contribution in [2.45, 2.75) is 19.9 Å². The highest BCUT2D eigenvalue weighted by atomic mass is 16.5. The fraction of sp³-hybridized carbons (Fsp3) is 0.625. The highest BCUT2D eigenvalue weighted by Crippen LogP contribution is 2.25. The zero-order valence-corrected chi connectivity index (χ0v) is 7.96. The molecule has 4 nitrogen and oxygen atoms in total. The lowest BCUT2D eigenvalue weighted by Gasteiger charge is -2.07. The maximum atomic E-state index is 5.77. The molecule has 1 aromatic rings. The molecule has 0 aromatic carbocycles. The molecule has 0 radical (unpaired) electrons. The summed E-state index contributed by atoms with van der Waals surface area (Å²) in [4.78, 5) is 0. The Morgan fingerprint density at radius 1 is 1.58 bits per heavy atom. The van der Waals surface area contributed by atoms with Crippen molar-refractivity contribution in [2.75, 3.05) is 7.11 Å². The number of methoxy groups -OCH3 is 1. The molecule has 12 heavy (non-hydrogen) atoms. The van der Waals surface area contributed by atoms with Crippen LogP contribution >= 0.6 is 0 Å². The quantitative estimate of drug-likeness (QED) is 0.711. The van der Waals surface area contributed by atoms with E-state index in [1.165, 1.54) is 0 Å². The van der Waals surface area contributed by atoms with E-state index in [2.05, 4.69) is 5.10 Å². The van der Waals surface area contributed by atoms with Crippen molar-refractivity contribution < 1.29 is 4.74 Å². The molecule has 0 aliphatic carbocycles. The van der Waals surface area contributed by atoms with Crippen molar-refractivity contribution >= 4 is 0 Å². The van der Waals surface area contributed by atoms with Crippen molar-refractivity contribution in [3.8, 4) is 5.88 Å². The van der Waals surface area contributed by atoms with Crippen LogP contribution in [0.15, 0.2) is 0 Å². The van der Waals surface area contributed by atoms with Gasteiger partial charge in [-0.15, -0.1) is 0 Å². The summed E-state index contributed by atoms with van der Waals surface area (Å²) < 4.78 is 6.88. The van der Waals surface area contributed by atoms with E-state index in [0.717, 1.165) is 17.1 Å². The van der Waals surface area contributed by atoms with Crippen molar-refractivity contribution in [2.24, 2.45) is 12.8 Å². The summed E-state index contributed by atoms with van der Waals surface area (Å²) in [6, 6.07) is -0.0337. The van der Waals surface area contributed by atoms with Gasteiger partial charge >= 0.3 is 0 Å². The number of hydrogen-bond acceptors (Lipinski definition) is 3. The summed E-state index contributed by atoms with van der Waals surface area (Å²) in [5.41, 5.74) is 7.69. The first-order chi connectivity index (χ1) is 5.57. The van der Waals surface area contributed by atoms with Gasteiger partial charge in [-0.25, -0.2) is 4.68 Å². The molecule has 0 amide bonds. The van der Waals surface area contributed by atoms with Gasteiger partial charge in [0.05, 0.1) is 18.4 Å². The molecule has 0 bridgehead atoms. The lowest BCUT2D eigenvalue weighted by Crippen LogP contribution is -2.07. The molecule has 0 aliphatic heterocycles. The molecular formula is C8H15N3O. The molecule has 1 rings (SSSR count). The second kappa shape index (κ2) is 3.15. The van der Waals surface area contributed by atoms with Crippen LogP contribution in [0.25, 0.3) is 0 Å². The molecule has 0 unspecified atom stereocenters. The Morgan fingerprint density at radius 2 is 2.17 bits per heavy atom. The van der Waals surface area contributed by atoms with Gasteiger partial charge in [0.2, 0.25) is 5.88 Å². The normalized spacial score (nSPS) is 13.1. The third-order valence-electron chi connectivity index (χ3n) is 1.86. The van der Waals surface area contributed by atoms with Gasteiger partial charge in [-0.1, -0.05) is 0 Å². The molecule has 1 aromatic heterocycles. The molecule has 0 saturated carbocycles. The lowest BCUT2D eigenvalue weighted by molar-refractivity contribution is 0.367. The first-order valence-electron chi connectivity index (χ1n) is 3.91. The summed E-state index contributed by atoms with van der Waals surface area (Å²) >= 11 is 0. The first-order valence-corrected chi connectivity index (χ1v) is 3.91. The molecule has 0 fully saturated rings. The number of aryl methyl sites for hydroxylation is 2. The molecule has 2 N–H and O–H groups in total. The summed E-state index contributed by atoms with van der Waals surface area (Å²) in [7, 11) is 3.47. The Hall–Kier alpha value is -1.03.